The van der Waals surface area contributed by atoms with Gasteiger partial charge in [-0.3, -0.25) is 14.8 Å². The van der Waals surface area contributed by atoms with Gasteiger partial charge in [0.15, 0.2) is 0 Å². The Labute approximate surface area is 154 Å². The summed E-state index contributed by atoms with van der Waals surface area (Å²) in [5.74, 6) is 0.973. The van der Waals surface area contributed by atoms with Crippen molar-refractivity contribution >= 4 is 5.91 Å². The summed E-state index contributed by atoms with van der Waals surface area (Å²) < 4.78 is 2.09. The molecule has 1 amide bonds. The zero-order valence-corrected chi connectivity index (χ0v) is 15.9. The van der Waals surface area contributed by atoms with Crippen LogP contribution in [-0.4, -0.2) is 62.6 Å². The first-order chi connectivity index (χ1) is 12.5. The first-order valence-electron chi connectivity index (χ1n) is 9.52. The molecule has 1 N–H and O–H groups in total. The van der Waals surface area contributed by atoms with Gasteiger partial charge in [-0.25, -0.2) is 4.98 Å². The quantitative estimate of drug-likeness (QED) is 0.891. The lowest BCUT2D eigenvalue weighted by Gasteiger charge is -2.40. The molecule has 7 nitrogen and oxygen atoms in total. The Kier molecular flexibility index (Phi) is 4.56. The zero-order valence-electron chi connectivity index (χ0n) is 15.9. The van der Waals surface area contributed by atoms with Gasteiger partial charge < -0.3 is 9.47 Å². The molecule has 0 bridgehead atoms. The Balaban J connectivity index is 1.48. The van der Waals surface area contributed by atoms with Crippen molar-refractivity contribution in [3.05, 3.63) is 35.7 Å². The van der Waals surface area contributed by atoms with Crippen molar-refractivity contribution in [3.8, 4) is 0 Å². The minimum Gasteiger partial charge on any atom is -0.340 e. The lowest BCUT2D eigenvalue weighted by Crippen LogP contribution is -2.43. The van der Waals surface area contributed by atoms with Crippen LogP contribution < -0.4 is 0 Å². The van der Waals surface area contributed by atoms with Crippen LogP contribution in [0.15, 0.2) is 18.6 Å². The first-order valence-corrected chi connectivity index (χ1v) is 9.52. The van der Waals surface area contributed by atoms with E-state index in [-0.39, 0.29) is 11.9 Å². The van der Waals surface area contributed by atoms with E-state index in [0.717, 1.165) is 31.6 Å². The molecule has 4 rings (SSSR count). The van der Waals surface area contributed by atoms with Gasteiger partial charge in [0, 0.05) is 38.4 Å². The van der Waals surface area contributed by atoms with E-state index in [1.807, 2.05) is 37.6 Å². The summed E-state index contributed by atoms with van der Waals surface area (Å²) in [7, 11) is 6.10. The van der Waals surface area contributed by atoms with Crippen LogP contribution in [0.4, 0.5) is 0 Å². The van der Waals surface area contributed by atoms with Crippen molar-refractivity contribution in [2.24, 2.45) is 13.0 Å². The molecular formula is C19H28N6O. The summed E-state index contributed by atoms with van der Waals surface area (Å²) in [5.41, 5.74) is 2.86. The average Bonchev–Trinajstić information content (AvgIpc) is 3.20. The molecule has 0 spiro atoms. The van der Waals surface area contributed by atoms with E-state index in [1.54, 1.807) is 0 Å². The molecule has 1 saturated carbocycles. The SMILES string of the molecule is CN(C[C@@H]1CCCN(C)[C@H]1c1cncn1C)C(=O)c1cc(C2CC2)[nH]n1. The van der Waals surface area contributed by atoms with Crippen LogP contribution in [-0.2, 0) is 7.05 Å². The van der Waals surface area contributed by atoms with Crippen molar-refractivity contribution in [3.63, 3.8) is 0 Å². The van der Waals surface area contributed by atoms with Crippen LogP contribution in [0.1, 0.15) is 59.5 Å². The van der Waals surface area contributed by atoms with E-state index in [2.05, 4.69) is 31.7 Å². The maximum absolute atomic E-state index is 12.8. The van der Waals surface area contributed by atoms with Crippen molar-refractivity contribution in [1.29, 1.82) is 0 Å². The minimum absolute atomic E-state index is 0.00475. The highest BCUT2D eigenvalue weighted by Gasteiger charge is 2.34. The topological polar surface area (TPSA) is 70.1 Å². The molecule has 0 unspecified atom stereocenters. The maximum Gasteiger partial charge on any atom is 0.274 e. The van der Waals surface area contributed by atoms with Crippen molar-refractivity contribution < 1.29 is 4.79 Å². The number of piperidine rings is 1. The van der Waals surface area contributed by atoms with Gasteiger partial charge in [0.1, 0.15) is 5.69 Å². The number of hydrogen-bond donors (Lipinski definition) is 1. The second-order valence-electron chi connectivity index (χ2n) is 7.93. The zero-order chi connectivity index (χ0) is 18.3. The Morgan fingerprint density at radius 2 is 2.15 bits per heavy atom. The normalized spacial score (nSPS) is 24.0. The van der Waals surface area contributed by atoms with Gasteiger partial charge >= 0.3 is 0 Å². The van der Waals surface area contributed by atoms with E-state index in [9.17, 15) is 4.79 Å². The van der Waals surface area contributed by atoms with Gasteiger partial charge in [-0.1, -0.05) is 0 Å². The summed E-state index contributed by atoms with van der Waals surface area (Å²) in [6.45, 7) is 1.80. The molecule has 2 aliphatic rings. The van der Waals surface area contributed by atoms with Crippen LogP contribution in [0.25, 0.3) is 0 Å². The smallest absolute Gasteiger partial charge is 0.274 e. The molecular weight excluding hydrogens is 328 g/mol. The number of aromatic amines is 1. The monoisotopic (exact) mass is 356 g/mol. The number of aryl methyl sites for hydroxylation is 1. The van der Waals surface area contributed by atoms with E-state index >= 15 is 0 Å². The number of hydrogen-bond acceptors (Lipinski definition) is 4. The third-order valence-corrected chi connectivity index (χ3v) is 5.85. The largest absolute Gasteiger partial charge is 0.340 e. The maximum atomic E-state index is 12.8. The second-order valence-corrected chi connectivity index (χ2v) is 7.93. The molecule has 2 fully saturated rings. The number of carbonyl (C=O) groups excluding carboxylic acids is 1. The molecule has 140 valence electrons. The molecule has 0 radical (unpaired) electrons. The molecule has 1 saturated heterocycles. The average molecular weight is 356 g/mol. The highest BCUT2D eigenvalue weighted by molar-refractivity contribution is 5.92. The summed E-state index contributed by atoms with van der Waals surface area (Å²) >= 11 is 0. The Morgan fingerprint density at radius 1 is 1.35 bits per heavy atom. The van der Waals surface area contributed by atoms with Crippen LogP contribution in [0.2, 0.25) is 0 Å². The fourth-order valence-corrected chi connectivity index (χ4v) is 4.25. The molecule has 0 aromatic carbocycles. The van der Waals surface area contributed by atoms with Crippen molar-refractivity contribution in [1.82, 2.24) is 29.5 Å². The lowest BCUT2D eigenvalue weighted by molar-refractivity contribution is 0.0628. The van der Waals surface area contributed by atoms with Crippen molar-refractivity contribution in [2.45, 2.75) is 37.6 Å². The number of nitrogens with zero attached hydrogens (tertiary/aromatic N) is 5. The van der Waals surface area contributed by atoms with Gasteiger partial charge in [-0.05, 0) is 51.3 Å². The summed E-state index contributed by atoms with van der Waals surface area (Å²) in [6, 6.07) is 2.22. The lowest BCUT2D eigenvalue weighted by atomic mass is 9.87. The molecule has 1 aliphatic heterocycles. The molecule has 3 heterocycles. The minimum atomic E-state index is 0.00475. The number of nitrogens with one attached hydrogen (secondary N) is 1. The highest BCUT2D eigenvalue weighted by Crippen LogP contribution is 2.39. The number of likely N-dealkylation sites (tertiary alicyclic amines) is 1. The van der Waals surface area contributed by atoms with Crippen molar-refractivity contribution in [2.75, 3.05) is 27.2 Å². The molecule has 2 atom stereocenters. The van der Waals surface area contributed by atoms with Crippen LogP contribution >= 0.6 is 0 Å². The fraction of sp³-hybridized carbons (Fsp3) is 0.632. The second kappa shape index (κ2) is 6.87. The summed E-state index contributed by atoms with van der Waals surface area (Å²) in [6.07, 6.45) is 8.49. The van der Waals surface area contributed by atoms with E-state index in [0.29, 0.717) is 17.5 Å². The van der Waals surface area contributed by atoms with Crippen LogP contribution in [0.5, 0.6) is 0 Å². The van der Waals surface area contributed by atoms with Crippen LogP contribution in [0.3, 0.4) is 0 Å². The Hall–Kier alpha value is -2.15. The van der Waals surface area contributed by atoms with Crippen LogP contribution in [0, 0.1) is 5.92 Å². The summed E-state index contributed by atoms with van der Waals surface area (Å²) in [5, 5.41) is 7.28. The van der Waals surface area contributed by atoms with Gasteiger partial charge in [0.2, 0.25) is 0 Å². The number of H-pyrrole nitrogens is 1. The van der Waals surface area contributed by atoms with Gasteiger partial charge in [-0.15, -0.1) is 0 Å². The van der Waals surface area contributed by atoms with Gasteiger partial charge in [0.05, 0.1) is 18.1 Å². The van der Waals surface area contributed by atoms with E-state index in [4.69, 9.17) is 0 Å². The predicted octanol–water partition coefficient (Wildman–Crippen LogP) is 2.18. The molecule has 26 heavy (non-hydrogen) atoms. The number of imidazole rings is 1. The predicted molar refractivity (Wildman–Crippen MR) is 98.8 cm³/mol. The number of rotatable bonds is 5. The molecule has 2 aromatic heterocycles. The number of amides is 1. The molecule has 1 aliphatic carbocycles. The van der Waals surface area contributed by atoms with Gasteiger partial charge in [-0.2, -0.15) is 5.10 Å². The molecule has 2 aromatic rings. The summed E-state index contributed by atoms with van der Waals surface area (Å²) in [4.78, 5) is 21.3. The Bertz CT molecular complexity index is 777. The molecule has 7 heteroatoms. The third-order valence-electron chi connectivity index (χ3n) is 5.85. The van der Waals surface area contributed by atoms with E-state index in [1.165, 1.54) is 18.5 Å². The number of aromatic nitrogens is 4. The standard InChI is InChI=1S/C19H28N6O/c1-23-8-4-5-14(18(23)17-10-20-12-25(17)3)11-24(2)19(26)16-9-15(21-22-16)13-6-7-13/h9-10,12-14,18H,4-8,11H2,1-3H3,(H,21,22)/t14-,18+/m0/s1. The fourth-order valence-electron chi connectivity index (χ4n) is 4.25. The first kappa shape index (κ1) is 17.3. The third kappa shape index (κ3) is 3.28. The Morgan fingerprint density at radius 3 is 2.85 bits per heavy atom. The highest BCUT2D eigenvalue weighted by atomic mass is 16.2. The van der Waals surface area contributed by atoms with E-state index < -0.39 is 0 Å². The van der Waals surface area contributed by atoms with Gasteiger partial charge in [0.25, 0.3) is 5.91 Å². The number of carbonyl (C=O) groups is 1.